The van der Waals surface area contributed by atoms with Crippen molar-refractivity contribution in [2.75, 3.05) is 13.2 Å². The van der Waals surface area contributed by atoms with Gasteiger partial charge in [0.25, 0.3) is 0 Å². The van der Waals surface area contributed by atoms with Gasteiger partial charge in [0.05, 0.1) is 0 Å². The lowest BCUT2D eigenvalue weighted by molar-refractivity contribution is -0.167. The first-order chi connectivity index (χ1) is 32.0. The van der Waals surface area contributed by atoms with Crippen molar-refractivity contribution in [2.24, 2.45) is 0 Å². The Bertz CT molecular complexity index is 1310. The van der Waals surface area contributed by atoms with E-state index < -0.39 is 6.10 Å². The van der Waals surface area contributed by atoms with E-state index in [2.05, 4.69) is 118 Å². The van der Waals surface area contributed by atoms with E-state index in [1.54, 1.807) is 0 Å². The first kappa shape index (κ1) is 61.3. The van der Waals surface area contributed by atoms with Crippen LogP contribution in [0.2, 0.25) is 0 Å². The molecule has 0 heterocycles. The molecule has 6 heteroatoms. The van der Waals surface area contributed by atoms with Crippen molar-refractivity contribution in [3.8, 4) is 0 Å². The third-order valence-electron chi connectivity index (χ3n) is 11.1. The van der Waals surface area contributed by atoms with Gasteiger partial charge in [0.15, 0.2) is 6.10 Å². The van der Waals surface area contributed by atoms with Crippen LogP contribution in [-0.4, -0.2) is 37.2 Å². The van der Waals surface area contributed by atoms with Crippen LogP contribution < -0.4 is 0 Å². The zero-order valence-corrected chi connectivity index (χ0v) is 42.2. The fraction of sp³-hybridized carbons (Fsp3) is 0.678. The summed E-state index contributed by atoms with van der Waals surface area (Å²) < 4.78 is 16.7. The van der Waals surface area contributed by atoms with Gasteiger partial charge in [-0.05, 0) is 103 Å². The van der Waals surface area contributed by atoms with E-state index >= 15 is 0 Å². The highest BCUT2D eigenvalue weighted by Crippen LogP contribution is 2.14. The molecule has 1 unspecified atom stereocenters. The molecule has 0 aliphatic carbocycles. The third kappa shape index (κ3) is 51.2. The number of esters is 3. The Hall–Kier alpha value is -3.67. The maximum absolute atomic E-state index is 12.8. The van der Waals surface area contributed by atoms with Crippen molar-refractivity contribution in [3.05, 3.63) is 97.2 Å². The van der Waals surface area contributed by atoms with Crippen LogP contribution in [0.1, 0.15) is 239 Å². The molecule has 0 rings (SSSR count). The first-order valence-corrected chi connectivity index (χ1v) is 26.8. The van der Waals surface area contributed by atoms with Gasteiger partial charge in [-0.15, -0.1) is 0 Å². The molecule has 6 nitrogen and oxygen atoms in total. The number of carbonyl (C=O) groups is 3. The Morgan fingerprint density at radius 1 is 0.338 bits per heavy atom. The van der Waals surface area contributed by atoms with Crippen LogP contribution >= 0.6 is 0 Å². The largest absolute Gasteiger partial charge is 0.462 e. The third-order valence-corrected chi connectivity index (χ3v) is 11.1. The first-order valence-electron chi connectivity index (χ1n) is 26.8. The molecule has 65 heavy (non-hydrogen) atoms. The molecule has 0 saturated heterocycles. The molecule has 0 N–H and O–H groups in total. The molecular weight excluding hydrogens is 805 g/mol. The topological polar surface area (TPSA) is 78.9 Å². The van der Waals surface area contributed by atoms with Gasteiger partial charge in [-0.3, -0.25) is 14.4 Å². The maximum atomic E-state index is 12.8. The van der Waals surface area contributed by atoms with E-state index in [1.165, 1.54) is 103 Å². The van der Waals surface area contributed by atoms with Gasteiger partial charge in [0.2, 0.25) is 0 Å². The van der Waals surface area contributed by atoms with Crippen LogP contribution in [0.5, 0.6) is 0 Å². The molecule has 0 aromatic rings. The van der Waals surface area contributed by atoms with Gasteiger partial charge < -0.3 is 14.2 Å². The molecule has 0 spiro atoms. The summed E-state index contributed by atoms with van der Waals surface area (Å²) in [4.78, 5) is 38.0. The molecule has 0 amide bonds. The van der Waals surface area contributed by atoms with Crippen LogP contribution in [0.3, 0.4) is 0 Å². The summed E-state index contributed by atoms with van der Waals surface area (Å²) in [5.74, 6) is -0.990. The fourth-order valence-electron chi connectivity index (χ4n) is 7.08. The second kappa shape index (κ2) is 52.9. The number of hydrogen-bond acceptors (Lipinski definition) is 6. The molecule has 0 saturated carbocycles. The number of unbranched alkanes of at least 4 members (excludes halogenated alkanes) is 22. The van der Waals surface area contributed by atoms with Crippen molar-refractivity contribution in [2.45, 2.75) is 245 Å². The minimum atomic E-state index is -0.811. The Labute approximate surface area is 400 Å². The highest BCUT2D eigenvalue weighted by atomic mass is 16.6. The lowest BCUT2D eigenvalue weighted by Gasteiger charge is -2.18. The standard InChI is InChI=1S/C59H98O6/c1-4-7-10-13-16-19-22-25-27-29-31-34-37-40-43-46-49-52-58(61)64-55-56(54-63-57(60)51-48-45-42-39-36-33-24-21-18-15-12-9-6-3)65-59(62)53-50-47-44-41-38-35-32-30-28-26-23-20-17-14-11-8-5-2/h9,12,15-16,18-19,21,24-28,31,34,40,43,56H,4-8,10-11,13-14,17,20,22-23,29-30,32-33,35-39,41-42,44-55H2,1-3H3/b12-9-,18-15-,19-16-,24-21-,27-25-,28-26-,34-31-,43-40-. The van der Waals surface area contributed by atoms with E-state index in [9.17, 15) is 14.4 Å². The van der Waals surface area contributed by atoms with Crippen LogP contribution in [0.4, 0.5) is 0 Å². The average Bonchev–Trinajstić information content (AvgIpc) is 3.30. The molecule has 370 valence electrons. The molecule has 0 fully saturated rings. The molecule has 0 bridgehead atoms. The number of allylic oxidation sites excluding steroid dienone is 16. The van der Waals surface area contributed by atoms with E-state index in [1.807, 2.05) is 0 Å². The SMILES string of the molecule is CC\C=C/C=C\C=C/CCCCCCCC(=O)OCC(COC(=O)CCC/C=C\C/C=C\C/C=C\C/C=C\CCCCC)OC(=O)CCCCCCCCC/C=C\CCCCCCCC. The van der Waals surface area contributed by atoms with Crippen molar-refractivity contribution in [3.63, 3.8) is 0 Å². The zero-order valence-electron chi connectivity index (χ0n) is 42.2. The Morgan fingerprint density at radius 3 is 1.17 bits per heavy atom. The highest BCUT2D eigenvalue weighted by Gasteiger charge is 2.19. The highest BCUT2D eigenvalue weighted by molar-refractivity contribution is 5.71. The predicted octanol–water partition coefficient (Wildman–Crippen LogP) is 17.8. The van der Waals surface area contributed by atoms with Gasteiger partial charge >= 0.3 is 17.9 Å². The fourth-order valence-corrected chi connectivity index (χ4v) is 7.08. The molecule has 0 aliphatic heterocycles. The summed E-state index contributed by atoms with van der Waals surface area (Å²) in [6.45, 7) is 6.40. The Balaban J connectivity index is 4.50. The van der Waals surface area contributed by atoms with Crippen LogP contribution in [0.25, 0.3) is 0 Å². The summed E-state index contributed by atoms with van der Waals surface area (Å²) in [6, 6.07) is 0. The summed E-state index contributed by atoms with van der Waals surface area (Å²) in [6.07, 6.45) is 69.7. The minimum Gasteiger partial charge on any atom is -0.462 e. The monoisotopic (exact) mass is 903 g/mol. The molecule has 0 aliphatic rings. The summed E-state index contributed by atoms with van der Waals surface area (Å²) >= 11 is 0. The molecule has 1 atom stereocenters. The average molecular weight is 903 g/mol. The summed E-state index contributed by atoms with van der Waals surface area (Å²) in [5.41, 5.74) is 0. The van der Waals surface area contributed by atoms with Gasteiger partial charge in [0.1, 0.15) is 13.2 Å². The molecule has 0 radical (unpaired) electrons. The van der Waals surface area contributed by atoms with Crippen LogP contribution in [0.15, 0.2) is 97.2 Å². The number of carbonyl (C=O) groups excluding carboxylic acids is 3. The summed E-state index contributed by atoms with van der Waals surface area (Å²) in [7, 11) is 0. The molecule has 0 aromatic carbocycles. The van der Waals surface area contributed by atoms with E-state index in [-0.39, 0.29) is 37.5 Å². The van der Waals surface area contributed by atoms with Crippen molar-refractivity contribution in [1.82, 2.24) is 0 Å². The predicted molar refractivity (Wildman–Crippen MR) is 279 cm³/mol. The Kier molecular flexibility index (Phi) is 50.0. The minimum absolute atomic E-state index is 0.108. The number of hydrogen-bond donors (Lipinski definition) is 0. The lowest BCUT2D eigenvalue weighted by atomic mass is 10.1. The molecular formula is C59H98O6. The summed E-state index contributed by atoms with van der Waals surface area (Å²) in [5, 5.41) is 0. The van der Waals surface area contributed by atoms with Gasteiger partial charge in [0, 0.05) is 19.3 Å². The number of ether oxygens (including phenoxy) is 3. The van der Waals surface area contributed by atoms with E-state index in [0.717, 1.165) is 89.9 Å². The smallest absolute Gasteiger partial charge is 0.306 e. The van der Waals surface area contributed by atoms with Gasteiger partial charge in [-0.25, -0.2) is 0 Å². The number of rotatable bonds is 47. The van der Waals surface area contributed by atoms with Crippen molar-refractivity contribution < 1.29 is 28.6 Å². The van der Waals surface area contributed by atoms with E-state index in [0.29, 0.717) is 19.3 Å². The van der Waals surface area contributed by atoms with E-state index in [4.69, 9.17) is 14.2 Å². The van der Waals surface area contributed by atoms with Gasteiger partial charge in [-0.1, -0.05) is 214 Å². The van der Waals surface area contributed by atoms with Gasteiger partial charge in [-0.2, -0.15) is 0 Å². The van der Waals surface area contributed by atoms with Crippen LogP contribution in [0, 0.1) is 0 Å². The second-order valence-electron chi connectivity index (χ2n) is 17.5. The zero-order chi connectivity index (χ0) is 47.2. The Morgan fingerprint density at radius 2 is 0.677 bits per heavy atom. The maximum Gasteiger partial charge on any atom is 0.306 e. The van der Waals surface area contributed by atoms with Crippen molar-refractivity contribution in [1.29, 1.82) is 0 Å². The van der Waals surface area contributed by atoms with Crippen molar-refractivity contribution >= 4 is 17.9 Å². The molecule has 0 aromatic heterocycles. The second-order valence-corrected chi connectivity index (χ2v) is 17.5. The quantitative estimate of drug-likeness (QED) is 0.0199. The van der Waals surface area contributed by atoms with Crippen LogP contribution in [-0.2, 0) is 28.6 Å². The lowest BCUT2D eigenvalue weighted by Crippen LogP contribution is -2.30. The normalized spacial score (nSPS) is 12.8.